The fraction of sp³-hybridized carbons (Fsp3) is 0.350. The van der Waals surface area contributed by atoms with Crippen molar-refractivity contribution in [2.45, 2.75) is 26.2 Å². The normalized spacial score (nSPS) is 14.2. The van der Waals surface area contributed by atoms with Crippen molar-refractivity contribution in [3.05, 3.63) is 59.4 Å². The lowest BCUT2D eigenvalue weighted by Gasteiger charge is -2.19. The summed E-state index contributed by atoms with van der Waals surface area (Å²) in [7, 11) is 1.98. The summed E-state index contributed by atoms with van der Waals surface area (Å²) in [6.07, 6.45) is 3.60. The summed E-state index contributed by atoms with van der Waals surface area (Å²) in [5.41, 5.74) is 5.03. The maximum absolute atomic E-state index is 12.9. The molecule has 0 atom stereocenters. The van der Waals surface area contributed by atoms with Gasteiger partial charge in [0.05, 0.1) is 5.69 Å². The van der Waals surface area contributed by atoms with Gasteiger partial charge in [-0.1, -0.05) is 37.3 Å². The van der Waals surface area contributed by atoms with Crippen LogP contribution in [0.3, 0.4) is 0 Å². The summed E-state index contributed by atoms with van der Waals surface area (Å²) in [4.78, 5) is 18.9. The Morgan fingerprint density at radius 1 is 1.19 bits per heavy atom. The van der Waals surface area contributed by atoms with E-state index in [-0.39, 0.29) is 5.91 Å². The molecule has 0 spiro atoms. The van der Waals surface area contributed by atoms with Gasteiger partial charge in [-0.05, 0) is 6.42 Å². The molecule has 134 valence electrons. The Hall–Kier alpha value is -2.89. The van der Waals surface area contributed by atoms with Gasteiger partial charge in [0.2, 0.25) is 0 Å². The highest BCUT2D eigenvalue weighted by molar-refractivity contribution is 5.93. The molecule has 1 aliphatic heterocycles. The molecule has 1 aromatic carbocycles. The average Bonchev–Trinajstić information content (AvgIpc) is 3.19. The molecule has 0 N–H and O–H groups in total. The lowest BCUT2D eigenvalue weighted by atomic mass is 10.0. The van der Waals surface area contributed by atoms with Gasteiger partial charge >= 0.3 is 0 Å². The molecule has 6 heteroatoms. The van der Waals surface area contributed by atoms with Crippen molar-refractivity contribution in [2.75, 3.05) is 13.1 Å². The van der Waals surface area contributed by atoms with Crippen LogP contribution in [0.2, 0.25) is 0 Å². The summed E-state index contributed by atoms with van der Waals surface area (Å²) in [5.74, 6) is 0.612. The maximum Gasteiger partial charge on any atom is 0.276 e. The number of amides is 1. The number of aromatic nitrogens is 3. The molecule has 0 saturated carbocycles. The monoisotopic (exact) mass is 350 g/mol. The fourth-order valence-electron chi connectivity index (χ4n) is 3.65. The molecule has 0 saturated heterocycles. The molecule has 0 radical (unpaired) electrons. The fourth-order valence-corrected chi connectivity index (χ4v) is 3.65. The lowest BCUT2D eigenvalue weighted by molar-refractivity contribution is 0.0755. The number of hydrogen-bond donors (Lipinski definition) is 0. The van der Waals surface area contributed by atoms with Crippen molar-refractivity contribution < 1.29 is 9.21 Å². The third-order valence-electron chi connectivity index (χ3n) is 5.02. The van der Waals surface area contributed by atoms with Crippen LogP contribution in [-0.4, -0.2) is 38.7 Å². The van der Waals surface area contributed by atoms with Crippen LogP contribution in [0.15, 0.2) is 41.1 Å². The van der Waals surface area contributed by atoms with Gasteiger partial charge in [-0.2, -0.15) is 5.10 Å². The van der Waals surface area contributed by atoms with Crippen LogP contribution in [0.5, 0.6) is 0 Å². The number of oxazole rings is 1. The van der Waals surface area contributed by atoms with E-state index in [1.165, 1.54) is 17.7 Å². The maximum atomic E-state index is 12.9. The highest BCUT2D eigenvalue weighted by Crippen LogP contribution is 2.28. The number of carbonyl (C=O) groups is 1. The molecule has 26 heavy (non-hydrogen) atoms. The molecule has 0 unspecified atom stereocenters. The van der Waals surface area contributed by atoms with E-state index in [0.29, 0.717) is 31.0 Å². The van der Waals surface area contributed by atoms with E-state index in [9.17, 15) is 4.79 Å². The van der Waals surface area contributed by atoms with Gasteiger partial charge in [-0.25, -0.2) is 4.98 Å². The SMILES string of the molecule is CCc1ocnc1C(=O)N1CCc2c(-c3ccccc3)nn(C)c2CC1. The number of benzene rings is 1. The molecule has 1 aliphatic rings. The highest BCUT2D eigenvalue weighted by Gasteiger charge is 2.27. The van der Waals surface area contributed by atoms with E-state index in [1.54, 1.807) is 0 Å². The Morgan fingerprint density at radius 2 is 1.96 bits per heavy atom. The number of rotatable bonds is 3. The Kier molecular flexibility index (Phi) is 4.32. The third kappa shape index (κ3) is 2.81. The number of nitrogens with zero attached hydrogens (tertiary/aromatic N) is 4. The standard InChI is InChI=1S/C20H22N4O2/c1-3-17-19(21-13-26-17)20(25)24-11-9-15-16(10-12-24)23(2)22-18(15)14-7-5-4-6-8-14/h4-8,13H,3,9-12H2,1-2H3. The molecule has 4 rings (SSSR count). The van der Waals surface area contributed by atoms with E-state index in [4.69, 9.17) is 9.52 Å². The second-order valence-electron chi connectivity index (χ2n) is 6.53. The van der Waals surface area contributed by atoms with Crippen LogP contribution < -0.4 is 0 Å². The molecular weight excluding hydrogens is 328 g/mol. The molecule has 0 aliphatic carbocycles. The van der Waals surface area contributed by atoms with Crippen LogP contribution >= 0.6 is 0 Å². The zero-order valence-corrected chi connectivity index (χ0v) is 15.1. The van der Waals surface area contributed by atoms with Crippen molar-refractivity contribution >= 4 is 5.91 Å². The largest absolute Gasteiger partial charge is 0.448 e. The Bertz CT molecular complexity index is 927. The molecule has 6 nitrogen and oxygen atoms in total. The predicted molar refractivity (Wildman–Crippen MR) is 97.8 cm³/mol. The minimum Gasteiger partial charge on any atom is -0.448 e. The summed E-state index contributed by atoms with van der Waals surface area (Å²) in [6.45, 7) is 3.29. The predicted octanol–water partition coefficient (Wildman–Crippen LogP) is 2.88. The zero-order chi connectivity index (χ0) is 18.1. The van der Waals surface area contributed by atoms with E-state index < -0.39 is 0 Å². The van der Waals surface area contributed by atoms with Crippen molar-refractivity contribution in [3.8, 4) is 11.3 Å². The average molecular weight is 350 g/mol. The smallest absolute Gasteiger partial charge is 0.276 e. The van der Waals surface area contributed by atoms with Crippen LogP contribution in [-0.2, 0) is 26.3 Å². The summed E-state index contributed by atoms with van der Waals surface area (Å²) in [5, 5.41) is 4.74. The number of aryl methyl sites for hydroxylation is 2. The van der Waals surface area contributed by atoms with Crippen molar-refractivity contribution in [1.29, 1.82) is 0 Å². The highest BCUT2D eigenvalue weighted by atomic mass is 16.3. The van der Waals surface area contributed by atoms with Crippen LogP contribution in [0.1, 0.15) is 34.4 Å². The van der Waals surface area contributed by atoms with Crippen LogP contribution in [0.25, 0.3) is 11.3 Å². The Balaban J connectivity index is 1.61. The summed E-state index contributed by atoms with van der Waals surface area (Å²) >= 11 is 0. The Morgan fingerprint density at radius 3 is 2.73 bits per heavy atom. The van der Waals surface area contributed by atoms with E-state index >= 15 is 0 Å². The third-order valence-corrected chi connectivity index (χ3v) is 5.02. The van der Waals surface area contributed by atoms with E-state index in [2.05, 4.69) is 17.1 Å². The molecule has 2 aromatic heterocycles. The lowest BCUT2D eigenvalue weighted by Crippen LogP contribution is -2.34. The van der Waals surface area contributed by atoms with E-state index in [0.717, 1.165) is 24.1 Å². The summed E-state index contributed by atoms with van der Waals surface area (Å²) in [6, 6.07) is 10.2. The number of hydrogen-bond acceptors (Lipinski definition) is 4. The molecule has 1 amide bonds. The zero-order valence-electron chi connectivity index (χ0n) is 15.1. The molecule has 3 heterocycles. The van der Waals surface area contributed by atoms with Crippen LogP contribution in [0.4, 0.5) is 0 Å². The molecule has 0 fully saturated rings. The van der Waals surface area contributed by atoms with Gasteiger partial charge in [0.25, 0.3) is 5.91 Å². The van der Waals surface area contributed by atoms with Crippen molar-refractivity contribution in [2.24, 2.45) is 7.05 Å². The quantitative estimate of drug-likeness (QED) is 0.729. The van der Waals surface area contributed by atoms with E-state index in [1.807, 2.05) is 41.8 Å². The van der Waals surface area contributed by atoms with Gasteiger partial charge in [0.15, 0.2) is 12.1 Å². The van der Waals surface area contributed by atoms with Gasteiger partial charge < -0.3 is 9.32 Å². The minimum atomic E-state index is -0.0439. The molecule has 3 aromatic rings. The second kappa shape index (κ2) is 6.78. The molecule has 0 bridgehead atoms. The topological polar surface area (TPSA) is 64.2 Å². The number of carbonyl (C=O) groups excluding carboxylic acids is 1. The van der Waals surface area contributed by atoms with Gasteiger partial charge in [-0.3, -0.25) is 9.48 Å². The van der Waals surface area contributed by atoms with Crippen molar-refractivity contribution in [1.82, 2.24) is 19.7 Å². The first-order chi connectivity index (χ1) is 12.7. The Labute approximate surface area is 152 Å². The summed E-state index contributed by atoms with van der Waals surface area (Å²) < 4.78 is 7.28. The second-order valence-corrected chi connectivity index (χ2v) is 6.53. The van der Waals surface area contributed by atoms with Gasteiger partial charge in [0.1, 0.15) is 5.76 Å². The van der Waals surface area contributed by atoms with Crippen LogP contribution in [0, 0.1) is 0 Å². The minimum absolute atomic E-state index is 0.0439. The van der Waals surface area contributed by atoms with Gasteiger partial charge in [0, 0.05) is 49.8 Å². The first-order valence-electron chi connectivity index (χ1n) is 9.00. The molecular formula is C20H22N4O2. The first-order valence-corrected chi connectivity index (χ1v) is 9.00. The van der Waals surface area contributed by atoms with Gasteiger partial charge in [-0.15, -0.1) is 0 Å². The first kappa shape index (κ1) is 16.6. The van der Waals surface area contributed by atoms with Crippen molar-refractivity contribution in [3.63, 3.8) is 0 Å². The number of fused-ring (bicyclic) bond motifs is 1.